The first kappa shape index (κ1) is 40.5. The highest BCUT2D eigenvalue weighted by Crippen LogP contribution is 2.45. The van der Waals surface area contributed by atoms with Crippen LogP contribution in [0.1, 0.15) is 64.9 Å². The molecule has 4 saturated heterocycles. The number of H-pyrrole nitrogens is 1. The van der Waals surface area contributed by atoms with Gasteiger partial charge in [0, 0.05) is 99.3 Å². The van der Waals surface area contributed by atoms with Crippen molar-refractivity contribution in [1.29, 1.82) is 0 Å². The van der Waals surface area contributed by atoms with Gasteiger partial charge in [-0.15, -0.1) is 0 Å². The van der Waals surface area contributed by atoms with E-state index < -0.39 is 16.3 Å². The lowest BCUT2D eigenvalue weighted by atomic mass is 9.72. The highest BCUT2D eigenvalue weighted by molar-refractivity contribution is 5.77. The number of aromatic amines is 1. The molecule has 1 aromatic heterocycles. The Morgan fingerprint density at radius 2 is 1.45 bits per heavy atom. The van der Waals surface area contributed by atoms with E-state index in [0.717, 1.165) is 108 Å². The average Bonchev–Trinajstić information content (AvgIpc) is 3.55. The van der Waals surface area contributed by atoms with E-state index in [1.807, 2.05) is 49.9 Å². The Bertz CT molecular complexity index is 2130. The van der Waals surface area contributed by atoms with Crippen LogP contribution in [0.4, 0.5) is 26.7 Å². The summed E-state index contributed by atoms with van der Waals surface area (Å²) in [6, 6.07) is 20.9. The summed E-state index contributed by atoms with van der Waals surface area (Å²) in [5.74, 6) is -0.729. The summed E-state index contributed by atoms with van der Waals surface area (Å²) in [6.07, 6.45) is 6.76. The van der Waals surface area contributed by atoms with Gasteiger partial charge in [-0.2, -0.15) is 0 Å². The zero-order chi connectivity index (χ0) is 41.1. The number of rotatable bonds is 8. The van der Waals surface area contributed by atoms with Crippen LogP contribution in [0.3, 0.4) is 0 Å². The summed E-state index contributed by atoms with van der Waals surface area (Å²) >= 11 is 0. The van der Waals surface area contributed by atoms with Crippen molar-refractivity contribution < 1.29 is 28.8 Å². The van der Waals surface area contributed by atoms with Crippen molar-refractivity contribution in [2.24, 2.45) is 10.8 Å². The van der Waals surface area contributed by atoms with E-state index in [0.29, 0.717) is 24.1 Å². The monoisotopic (exact) mass is 797 g/mol. The molecule has 3 amide bonds. The SMILES string of the molecule is CC(C)(C)OC(=O)N1CCC2(CC1)CN(c1ccc([N+](=O)[O-])c(O)c1)C2.O=C(NCCCCc1ccccc1)N1CCC2(CC1)CN(c1ccc3[nH]c(=O)oc3c1)C2. The zero-order valence-corrected chi connectivity index (χ0v) is 33.7. The van der Waals surface area contributed by atoms with Crippen LogP contribution in [0.2, 0.25) is 0 Å². The molecule has 0 radical (unpaired) electrons. The standard InChI is InChI=1S/C25H30N4O3.C18H25N3O5/c30-23(26-13-5-4-8-19-6-2-1-3-7-19)28-14-11-25(12-15-28)17-29(18-25)20-9-10-21-22(16-20)32-24(31)27-21;1-17(2,3)26-16(23)19-8-6-18(7-9-19)11-20(12-18)13-4-5-14(21(24)25)15(22)10-13/h1-3,6-7,9-10,16H,4-5,8,11-15,17-18H2,(H,26,30)(H,27,31);4-5,10,22H,6-9,11-12H2,1-3H3. The Kier molecular flexibility index (Phi) is 11.6. The van der Waals surface area contributed by atoms with Crippen LogP contribution in [0.15, 0.2) is 75.9 Å². The van der Waals surface area contributed by atoms with Crippen LogP contribution >= 0.6 is 0 Å². The molecule has 8 rings (SSSR count). The van der Waals surface area contributed by atoms with E-state index in [1.54, 1.807) is 11.0 Å². The number of ether oxygens (including phenoxy) is 1. The third kappa shape index (κ3) is 9.51. The van der Waals surface area contributed by atoms with Crippen molar-refractivity contribution in [3.8, 4) is 5.75 Å². The lowest BCUT2D eigenvalue weighted by Gasteiger charge is -2.55. The molecular formula is C43H55N7O8. The number of fused-ring (bicyclic) bond motifs is 1. The second-order valence-corrected chi connectivity index (χ2v) is 17.5. The maximum atomic E-state index is 12.5. The van der Waals surface area contributed by atoms with E-state index in [9.17, 15) is 29.6 Å². The lowest BCUT2D eigenvalue weighted by molar-refractivity contribution is -0.385. The van der Waals surface area contributed by atoms with Crippen molar-refractivity contribution >= 4 is 40.3 Å². The molecule has 0 atom stereocenters. The predicted octanol–water partition coefficient (Wildman–Crippen LogP) is 6.89. The van der Waals surface area contributed by atoms with E-state index >= 15 is 0 Å². The molecular weight excluding hydrogens is 743 g/mol. The topological polar surface area (TPSA) is 178 Å². The van der Waals surface area contributed by atoms with E-state index in [1.165, 1.54) is 17.7 Å². The molecule has 15 nitrogen and oxygen atoms in total. The number of urea groups is 1. The summed E-state index contributed by atoms with van der Waals surface area (Å²) in [6.45, 7) is 12.9. The van der Waals surface area contributed by atoms with Gasteiger partial charge in [-0.1, -0.05) is 30.3 Å². The number of hydrogen-bond acceptors (Lipinski definition) is 10. The van der Waals surface area contributed by atoms with Crippen molar-refractivity contribution in [1.82, 2.24) is 20.1 Å². The highest BCUT2D eigenvalue weighted by atomic mass is 16.6. The fourth-order valence-electron chi connectivity index (χ4n) is 8.60. The normalized spacial score (nSPS) is 18.3. The molecule has 3 aromatic carbocycles. The number of aromatic hydroxyl groups is 1. The van der Waals surface area contributed by atoms with Crippen LogP contribution in [-0.4, -0.2) is 101 Å². The van der Waals surface area contributed by atoms with Gasteiger partial charge in [-0.3, -0.25) is 15.1 Å². The first-order valence-corrected chi connectivity index (χ1v) is 20.3. The van der Waals surface area contributed by atoms with E-state index in [2.05, 4.69) is 44.4 Å². The van der Waals surface area contributed by atoms with Crippen LogP contribution in [0.25, 0.3) is 11.1 Å². The van der Waals surface area contributed by atoms with Gasteiger partial charge in [0.1, 0.15) is 5.60 Å². The number of phenols is 1. The lowest BCUT2D eigenvalue weighted by Crippen LogP contribution is -2.61. The van der Waals surface area contributed by atoms with Gasteiger partial charge < -0.3 is 39.2 Å². The largest absolute Gasteiger partial charge is 0.502 e. The van der Waals surface area contributed by atoms with Crippen molar-refractivity contribution in [3.05, 3.63) is 93.0 Å². The quantitative estimate of drug-likeness (QED) is 0.0966. The Hall–Kier alpha value is -5.73. The number of aromatic nitrogens is 1. The Labute approximate surface area is 338 Å². The first-order valence-electron chi connectivity index (χ1n) is 20.3. The Morgan fingerprint density at radius 1 is 0.862 bits per heavy atom. The number of nitro benzene ring substituents is 1. The number of nitrogens with one attached hydrogen (secondary N) is 2. The predicted molar refractivity (Wildman–Crippen MR) is 222 cm³/mol. The zero-order valence-electron chi connectivity index (χ0n) is 33.7. The second-order valence-electron chi connectivity index (χ2n) is 17.5. The maximum absolute atomic E-state index is 12.5. The molecule has 4 aromatic rings. The number of likely N-dealkylation sites (tertiary alicyclic amines) is 2. The fourth-order valence-corrected chi connectivity index (χ4v) is 8.60. The summed E-state index contributed by atoms with van der Waals surface area (Å²) in [7, 11) is 0. The number of nitrogens with zero attached hydrogens (tertiary/aromatic N) is 5. The van der Waals surface area contributed by atoms with Gasteiger partial charge in [-0.05, 0) is 89.5 Å². The van der Waals surface area contributed by atoms with Crippen molar-refractivity contribution in [2.75, 3.05) is 68.7 Å². The molecule has 4 aliphatic heterocycles. The molecule has 0 unspecified atom stereocenters. The maximum Gasteiger partial charge on any atom is 0.417 e. The van der Waals surface area contributed by atoms with Crippen LogP contribution in [0, 0.1) is 20.9 Å². The number of benzene rings is 3. The molecule has 2 spiro atoms. The summed E-state index contributed by atoms with van der Waals surface area (Å²) < 4.78 is 10.6. The first-order chi connectivity index (χ1) is 27.7. The minimum Gasteiger partial charge on any atom is -0.502 e. The fraction of sp³-hybridized carbons (Fsp3) is 0.512. The van der Waals surface area contributed by atoms with Gasteiger partial charge >= 0.3 is 23.6 Å². The van der Waals surface area contributed by atoms with E-state index in [-0.39, 0.29) is 29.0 Å². The number of anilines is 2. The number of oxazole rings is 1. The number of aryl methyl sites for hydroxylation is 1. The number of nitro groups is 1. The molecule has 4 aliphatic rings. The number of piperidine rings is 2. The highest BCUT2D eigenvalue weighted by Gasteiger charge is 2.47. The van der Waals surface area contributed by atoms with Gasteiger partial charge in [0.2, 0.25) is 0 Å². The number of carbonyl (C=O) groups is 2. The second kappa shape index (κ2) is 16.6. The molecule has 0 aliphatic carbocycles. The summed E-state index contributed by atoms with van der Waals surface area (Å²) in [5, 5.41) is 23.7. The van der Waals surface area contributed by atoms with E-state index in [4.69, 9.17) is 9.15 Å². The van der Waals surface area contributed by atoms with Gasteiger partial charge in [0.15, 0.2) is 11.3 Å². The molecule has 3 N–H and O–H groups in total. The van der Waals surface area contributed by atoms with Gasteiger partial charge in [0.05, 0.1) is 10.4 Å². The average molecular weight is 798 g/mol. The van der Waals surface area contributed by atoms with Crippen molar-refractivity contribution in [3.63, 3.8) is 0 Å². The number of unbranched alkanes of at least 4 members (excludes halogenated alkanes) is 1. The minimum atomic E-state index is -0.594. The number of hydrogen-bond donors (Lipinski definition) is 3. The third-order valence-electron chi connectivity index (χ3n) is 12.0. The molecule has 5 heterocycles. The molecule has 0 saturated carbocycles. The smallest absolute Gasteiger partial charge is 0.417 e. The van der Waals surface area contributed by atoms with Gasteiger partial charge in [-0.25, -0.2) is 14.4 Å². The Morgan fingerprint density at radius 3 is 2.03 bits per heavy atom. The summed E-state index contributed by atoms with van der Waals surface area (Å²) in [5.41, 5.74) is 4.24. The molecule has 4 fully saturated rings. The van der Waals surface area contributed by atoms with Crippen LogP contribution in [-0.2, 0) is 11.2 Å². The summed E-state index contributed by atoms with van der Waals surface area (Å²) in [4.78, 5) is 57.1. The molecule has 310 valence electrons. The molecule has 58 heavy (non-hydrogen) atoms. The minimum absolute atomic E-state index is 0.0729. The van der Waals surface area contributed by atoms with Crippen LogP contribution < -0.4 is 20.9 Å². The van der Waals surface area contributed by atoms with Crippen LogP contribution in [0.5, 0.6) is 5.75 Å². The third-order valence-corrected chi connectivity index (χ3v) is 12.0. The van der Waals surface area contributed by atoms with Crippen molar-refractivity contribution in [2.45, 2.75) is 71.3 Å². The molecule has 0 bridgehead atoms. The Balaban J connectivity index is 0.000000181. The van der Waals surface area contributed by atoms with Gasteiger partial charge in [0.25, 0.3) is 0 Å². The number of carbonyl (C=O) groups excluding carboxylic acids is 2. The number of phenolic OH excluding ortho intramolecular Hbond substituents is 1. The number of amides is 3. The molecule has 15 heteroatoms.